The van der Waals surface area contributed by atoms with Crippen LogP contribution in [0.1, 0.15) is 31.2 Å². The van der Waals surface area contributed by atoms with E-state index >= 15 is 0 Å². The molecule has 0 saturated heterocycles. The maximum Gasteiger partial charge on any atom is 0.0562 e. The van der Waals surface area contributed by atoms with Crippen molar-refractivity contribution in [3.05, 3.63) is 35.9 Å². The topological polar surface area (TPSA) is 40.5 Å². The SMILES string of the molecule is OCC[C@H](O)CCCCc1ccccc1. The van der Waals surface area contributed by atoms with Crippen molar-refractivity contribution in [2.75, 3.05) is 6.61 Å². The molecule has 0 unspecified atom stereocenters. The van der Waals surface area contributed by atoms with Crippen LogP contribution in [0.2, 0.25) is 0 Å². The smallest absolute Gasteiger partial charge is 0.0562 e. The second kappa shape index (κ2) is 7.43. The second-order valence-electron chi connectivity index (χ2n) is 3.90. The van der Waals surface area contributed by atoms with Gasteiger partial charge >= 0.3 is 0 Å². The highest BCUT2D eigenvalue weighted by atomic mass is 16.3. The number of hydrogen-bond acceptors (Lipinski definition) is 2. The highest BCUT2D eigenvalue weighted by Crippen LogP contribution is 2.08. The van der Waals surface area contributed by atoms with E-state index in [9.17, 15) is 5.11 Å². The molecule has 1 aromatic carbocycles. The zero-order chi connectivity index (χ0) is 10.9. The van der Waals surface area contributed by atoms with Gasteiger partial charge in [-0.15, -0.1) is 0 Å². The molecule has 0 bridgehead atoms. The van der Waals surface area contributed by atoms with Crippen LogP contribution in [-0.2, 0) is 6.42 Å². The minimum absolute atomic E-state index is 0.0832. The quantitative estimate of drug-likeness (QED) is 0.674. The van der Waals surface area contributed by atoms with Crippen LogP contribution >= 0.6 is 0 Å². The van der Waals surface area contributed by atoms with Crippen molar-refractivity contribution in [2.45, 2.75) is 38.2 Å². The number of rotatable bonds is 7. The average molecular weight is 208 g/mol. The summed E-state index contributed by atoms with van der Waals surface area (Å²) in [5.41, 5.74) is 1.36. The average Bonchev–Trinajstić information content (AvgIpc) is 2.26. The molecule has 1 aromatic rings. The molecule has 0 spiro atoms. The van der Waals surface area contributed by atoms with Crippen LogP contribution in [-0.4, -0.2) is 22.9 Å². The molecule has 0 saturated carbocycles. The normalized spacial score (nSPS) is 12.7. The van der Waals surface area contributed by atoms with Gasteiger partial charge in [-0.25, -0.2) is 0 Å². The van der Waals surface area contributed by atoms with E-state index in [2.05, 4.69) is 24.3 Å². The summed E-state index contributed by atoms with van der Waals surface area (Å²) in [7, 11) is 0. The second-order valence-corrected chi connectivity index (χ2v) is 3.90. The van der Waals surface area contributed by atoms with E-state index in [4.69, 9.17) is 5.11 Å². The first-order chi connectivity index (χ1) is 7.33. The fraction of sp³-hybridized carbons (Fsp3) is 0.538. The van der Waals surface area contributed by atoms with Crippen molar-refractivity contribution in [1.82, 2.24) is 0 Å². The van der Waals surface area contributed by atoms with Gasteiger partial charge in [0, 0.05) is 6.61 Å². The first-order valence-electron chi connectivity index (χ1n) is 5.66. The van der Waals surface area contributed by atoms with Gasteiger partial charge in [-0.1, -0.05) is 36.8 Å². The lowest BCUT2D eigenvalue weighted by atomic mass is 10.0. The molecule has 2 N–H and O–H groups in total. The molecule has 0 heterocycles. The van der Waals surface area contributed by atoms with Crippen LogP contribution in [0.5, 0.6) is 0 Å². The Hall–Kier alpha value is -0.860. The molecular formula is C13H20O2. The summed E-state index contributed by atoms with van der Waals surface area (Å²) in [4.78, 5) is 0. The van der Waals surface area contributed by atoms with Crippen molar-refractivity contribution in [2.24, 2.45) is 0 Å². The Balaban J connectivity index is 2.07. The molecule has 15 heavy (non-hydrogen) atoms. The number of aliphatic hydroxyl groups is 2. The Kier molecular flexibility index (Phi) is 6.05. The van der Waals surface area contributed by atoms with Crippen LogP contribution in [0.15, 0.2) is 30.3 Å². The summed E-state index contributed by atoms with van der Waals surface area (Å²) in [5.74, 6) is 0. The lowest BCUT2D eigenvalue weighted by Crippen LogP contribution is -2.08. The van der Waals surface area contributed by atoms with Crippen molar-refractivity contribution >= 4 is 0 Å². The van der Waals surface area contributed by atoms with E-state index in [1.54, 1.807) is 0 Å². The van der Waals surface area contributed by atoms with Gasteiger partial charge in [0.15, 0.2) is 0 Å². The molecule has 0 amide bonds. The monoisotopic (exact) mass is 208 g/mol. The summed E-state index contributed by atoms with van der Waals surface area (Å²) >= 11 is 0. The highest BCUT2D eigenvalue weighted by Gasteiger charge is 2.02. The van der Waals surface area contributed by atoms with Crippen LogP contribution in [0, 0.1) is 0 Å². The first kappa shape index (κ1) is 12.2. The van der Waals surface area contributed by atoms with Crippen LogP contribution in [0.25, 0.3) is 0 Å². The lowest BCUT2D eigenvalue weighted by Gasteiger charge is -2.08. The van der Waals surface area contributed by atoms with E-state index in [1.807, 2.05) is 6.07 Å². The predicted molar refractivity (Wildman–Crippen MR) is 61.7 cm³/mol. The van der Waals surface area contributed by atoms with E-state index in [0.29, 0.717) is 6.42 Å². The molecule has 0 aliphatic carbocycles. The molecule has 0 aromatic heterocycles. The molecule has 1 rings (SSSR count). The van der Waals surface area contributed by atoms with E-state index in [0.717, 1.165) is 25.7 Å². The van der Waals surface area contributed by atoms with Gasteiger partial charge in [-0.05, 0) is 31.2 Å². The summed E-state index contributed by atoms with van der Waals surface area (Å²) in [6.07, 6.45) is 4.18. The summed E-state index contributed by atoms with van der Waals surface area (Å²) < 4.78 is 0. The Bertz CT molecular complexity index is 246. The van der Waals surface area contributed by atoms with E-state index in [-0.39, 0.29) is 12.7 Å². The molecule has 0 radical (unpaired) electrons. The molecule has 84 valence electrons. The standard InChI is InChI=1S/C13H20O2/c14-11-10-13(15)9-5-4-8-12-6-2-1-3-7-12/h1-3,6-7,13-15H,4-5,8-11H2/t13-/m1/s1. The first-order valence-corrected chi connectivity index (χ1v) is 5.66. The van der Waals surface area contributed by atoms with Crippen LogP contribution in [0.3, 0.4) is 0 Å². The van der Waals surface area contributed by atoms with E-state index < -0.39 is 0 Å². The van der Waals surface area contributed by atoms with Gasteiger partial charge in [0.1, 0.15) is 0 Å². The largest absolute Gasteiger partial charge is 0.396 e. The minimum atomic E-state index is -0.328. The fourth-order valence-electron chi connectivity index (χ4n) is 1.65. The maximum absolute atomic E-state index is 9.39. The number of unbranched alkanes of at least 4 members (excludes halogenated alkanes) is 1. The Morgan fingerprint density at radius 3 is 2.40 bits per heavy atom. The Morgan fingerprint density at radius 2 is 1.73 bits per heavy atom. The number of aryl methyl sites for hydroxylation is 1. The van der Waals surface area contributed by atoms with Gasteiger partial charge in [0.05, 0.1) is 6.10 Å². The predicted octanol–water partition coefficient (Wildman–Crippen LogP) is 2.14. The number of aliphatic hydroxyl groups excluding tert-OH is 2. The van der Waals surface area contributed by atoms with E-state index in [1.165, 1.54) is 5.56 Å². The fourth-order valence-corrected chi connectivity index (χ4v) is 1.65. The molecule has 0 fully saturated rings. The summed E-state index contributed by atoms with van der Waals surface area (Å²) in [5, 5.41) is 18.0. The number of benzene rings is 1. The van der Waals surface area contributed by atoms with Gasteiger partial charge in [-0.2, -0.15) is 0 Å². The van der Waals surface area contributed by atoms with Gasteiger partial charge < -0.3 is 10.2 Å². The van der Waals surface area contributed by atoms with Gasteiger partial charge in [-0.3, -0.25) is 0 Å². The van der Waals surface area contributed by atoms with Gasteiger partial charge in [0.25, 0.3) is 0 Å². The maximum atomic E-state index is 9.39. The summed E-state index contributed by atoms with van der Waals surface area (Å²) in [6, 6.07) is 10.4. The third-order valence-electron chi connectivity index (χ3n) is 2.56. The molecule has 2 heteroatoms. The van der Waals surface area contributed by atoms with Crippen LogP contribution in [0.4, 0.5) is 0 Å². The summed E-state index contributed by atoms with van der Waals surface area (Å²) in [6.45, 7) is 0.0832. The molecule has 1 atom stereocenters. The zero-order valence-electron chi connectivity index (χ0n) is 9.10. The van der Waals surface area contributed by atoms with Crippen molar-refractivity contribution < 1.29 is 10.2 Å². The molecule has 0 aliphatic heterocycles. The Labute approximate surface area is 91.6 Å². The third kappa shape index (κ3) is 5.55. The van der Waals surface area contributed by atoms with Crippen molar-refractivity contribution in [3.8, 4) is 0 Å². The lowest BCUT2D eigenvalue weighted by molar-refractivity contribution is 0.122. The third-order valence-corrected chi connectivity index (χ3v) is 2.56. The van der Waals surface area contributed by atoms with Crippen molar-refractivity contribution in [1.29, 1.82) is 0 Å². The van der Waals surface area contributed by atoms with Gasteiger partial charge in [0.2, 0.25) is 0 Å². The molecular weight excluding hydrogens is 188 g/mol. The molecule has 0 aliphatic rings. The number of hydrogen-bond donors (Lipinski definition) is 2. The van der Waals surface area contributed by atoms with Crippen molar-refractivity contribution in [3.63, 3.8) is 0 Å². The Morgan fingerprint density at radius 1 is 1.00 bits per heavy atom. The zero-order valence-corrected chi connectivity index (χ0v) is 9.10. The minimum Gasteiger partial charge on any atom is -0.396 e. The highest BCUT2D eigenvalue weighted by molar-refractivity contribution is 5.14. The molecule has 2 nitrogen and oxygen atoms in total. The van der Waals surface area contributed by atoms with Crippen LogP contribution < -0.4 is 0 Å².